The summed E-state index contributed by atoms with van der Waals surface area (Å²) in [4.78, 5) is 10.8. The van der Waals surface area contributed by atoms with E-state index in [1.54, 1.807) is 6.92 Å². The Bertz CT molecular complexity index is 201. The predicted octanol–water partition coefficient (Wildman–Crippen LogP) is 3.22. The van der Waals surface area contributed by atoms with E-state index in [0.717, 1.165) is 0 Å². The quantitative estimate of drug-likeness (QED) is 0.759. The van der Waals surface area contributed by atoms with Crippen LogP contribution in [0.4, 0.5) is 13.2 Å². The summed E-state index contributed by atoms with van der Waals surface area (Å²) in [6, 6.07) is 0. The van der Waals surface area contributed by atoms with Crippen LogP contribution in [0.2, 0.25) is 0 Å². The number of halogens is 3. The fourth-order valence-corrected chi connectivity index (χ4v) is 1.31. The lowest BCUT2D eigenvalue weighted by molar-refractivity contribution is -0.157. The Morgan fingerprint density at radius 2 is 1.71 bits per heavy atom. The number of alkyl halides is 3. The molecule has 0 aromatic rings. The molecular weight excluding hydrogens is 197 g/mol. The molecule has 1 N–H and O–H groups in total. The Morgan fingerprint density at radius 1 is 1.21 bits per heavy atom. The second-order valence-electron chi connectivity index (χ2n) is 3.73. The molecular formula is C9H15F3O2. The standard InChI is InChI=1S/C9H15F3O2/c1-3-4-8(2,7(13)14)5-6-9(10,11)12/h3-6H2,1-2H3,(H,13,14). The third-order valence-corrected chi connectivity index (χ3v) is 2.28. The molecule has 84 valence electrons. The highest BCUT2D eigenvalue weighted by Gasteiger charge is 2.37. The third-order valence-electron chi connectivity index (χ3n) is 2.28. The van der Waals surface area contributed by atoms with E-state index in [-0.39, 0.29) is 12.8 Å². The van der Waals surface area contributed by atoms with Crippen molar-refractivity contribution in [2.24, 2.45) is 5.41 Å². The summed E-state index contributed by atoms with van der Waals surface area (Å²) >= 11 is 0. The lowest BCUT2D eigenvalue weighted by atomic mass is 9.81. The fourth-order valence-electron chi connectivity index (χ4n) is 1.31. The van der Waals surface area contributed by atoms with Gasteiger partial charge in [0.15, 0.2) is 0 Å². The Morgan fingerprint density at radius 3 is 2.00 bits per heavy atom. The molecule has 0 aromatic carbocycles. The zero-order chi connectivity index (χ0) is 11.4. The largest absolute Gasteiger partial charge is 0.481 e. The number of hydrogen-bond donors (Lipinski definition) is 1. The van der Waals surface area contributed by atoms with Crippen LogP contribution < -0.4 is 0 Å². The zero-order valence-electron chi connectivity index (χ0n) is 8.32. The summed E-state index contributed by atoms with van der Waals surface area (Å²) < 4.78 is 35.7. The highest BCUT2D eigenvalue weighted by molar-refractivity contribution is 5.74. The summed E-state index contributed by atoms with van der Waals surface area (Å²) in [5.74, 6) is -1.15. The van der Waals surface area contributed by atoms with Crippen LogP contribution in [0.1, 0.15) is 39.5 Å². The molecule has 0 amide bonds. The Balaban J connectivity index is 4.31. The van der Waals surface area contributed by atoms with E-state index in [4.69, 9.17) is 5.11 Å². The van der Waals surface area contributed by atoms with Crippen LogP contribution in [0.5, 0.6) is 0 Å². The molecule has 0 bridgehead atoms. The normalized spacial score (nSPS) is 16.4. The number of carboxylic acid groups (broad SMARTS) is 1. The molecule has 0 rings (SSSR count). The van der Waals surface area contributed by atoms with Gasteiger partial charge in [-0.3, -0.25) is 4.79 Å². The van der Waals surface area contributed by atoms with Gasteiger partial charge in [-0.2, -0.15) is 13.2 Å². The smallest absolute Gasteiger partial charge is 0.389 e. The lowest BCUT2D eigenvalue weighted by Gasteiger charge is -2.24. The van der Waals surface area contributed by atoms with Crippen molar-refractivity contribution in [1.82, 2.24) is 0 Å². The van der Waals surface area contributed by atoms with Crippen molar-refractivity contribution in [3.8, 4) is 0 Å². The van der Waals surface area contributed by atoms with Crippen molar-refractivity contribution in [3.05, 3.63) is 0 Å². The molecule has 0 spiro atoms. The van der Waals surface area contributed by atoms with Crippen molar-refractivity contribution < 1.29 is 23.1 Å². The van der Waals surface area contributed by atoms with Gasteiger partial charge in [0.1, 0.15) is 0 Å². The van der Waals surface area contributed by atoms with E-state index in [1.807, 2.05) is 0 Å². The van der Waals surface area contributed by atoms with E-state index < -0.39 is 24.0 Å². The lowest BCUT2D eigenvalue weighted by Crippen LogP contribution is -2.29. The van der Waals surface area contributed by atoms with Gasteiger partial charge in [-0.25, -0.2) is 0 Å². The van der Waals surface area contributed by atoms with Crippen LogP contribution in [-0.2, 0) is 4.79 Å². The molecule has 0 heterocycles. The minimum absolute atomic E-state index is 0.276. The van der Waals surface area contributed by atoms with Gasteiger partial charge in [0.2, 0.25) is 0 Å². The fraction of sp³-hybridized carbons (Fsp3) is 0.889. The maximum atomic E-state index is 11.9. The zero-order valence-corrected chi connectivity index (χ0v) is 8.32. The molecule has 0 radical (unpaired) electrons. The van der Waals surface area contributed by atoms with Crippen LogP contribution in [-0.4, -0.2) is 17.3 Å². The van der Waals surface area contributed by atoms with Crippen molar-refractivity contribution in [2.75, 3.05) is 0 Å². The van der Waals surface area contributed by atoms with Crippen molar-refractivity contribution in [1.29, 1.82) is 0 Å². The minimum atomic E-state index is -4.27. The van der Waals surface area contributed by atoms with Gasteiger partial charge >= 0.3 is 12.1 Å². The molecule has 0 aromatic heterocycles. The molecule has 5 heteroatoms. The molecule has 2 nitrogen and oxygen atoms in total. The number of carboxylic acids is 1. The van der Waals surface area contributed by atoms with E-state index in [2.05, 4.69) is 0 Å². The first-order valence-electron chi connectivity index (χ1n) is 4.51. The molecule has 0 fully saturated rings. The number of hydrogen-bond acceptors (Lipinski definition) is 1. The average molecular weight is 212 g/mol. The molecule has 0 saturated carbocycles. The third kappa shape index (κ3) is 4.48. The van der Waals surface area contributed by atoms with E-state index in [9.17, 15) is 18.0 Å². The van der Waals surface area contributed by atoms with Crippen LogP contribution in [0, 0.1) is 5.41 Å². The summed E-state index contributed by atoms with van der Waals surface area (Å²) in [7, 11) is 0. The first-order valence-corrected chi connectivity index (χ1v) is 4.51. The van der Waals surface area contributed by atoms with Gasteiger partial charge in [0, 0.05) is 6.42 Å². The van der Waals surface area contributed by atoms with E-state index in [1.165, 1.54) is 6.92 Å². The van der Waals surface area contributed by atoms with Crippen LogP contribution in [0.25, 0.3) is 0 Å². The number of rotatable bonds is 5. The van der Waals surface area contributed by atoms with E-state index in [0.29, 0.717) is 6.42 Å². The first-order chi connectivity index (χ1) is 6.21. The maximum Gasteiger partial charge on any atom is 0.389 e. The monoisotopic (exact) mass is 212 g/mol. The van der Waals surface area contributed by atoms with Gasteiger partial charge in [-0.15, -0.1) is 0 Å². The predicted molar refractivity (Wildman–Crippen MR) is 45.9 cm³/mol. The van der Waals surface area contributed by atoms with Gasteiger partial charge in [0.25, 0.3) is 0 Å². The summed E-state index contributed by atoms with van der Waals surface area (Å²) in [5, 5.41) is 8.79. The highest BCUT2D eigenvalue weighted by atomic mass is 19.4. The molecule has 0 aliphatic carbocycles. The second-order valence-corrected chi connectivity index (χ2v) is 3.73. The number of aliphatic carboxylic acids is 1. The Kier molecular flexibility index (Phi) is 4.42. The molecule has 0 aliphatic rings. The first kappa shape index (κ1) is 13.3. The maximum absolute atomic E-state index is 11.9. The van der Waals surface area contributed by atoms with Gasteiger partial charge in [-0.05, 0) is 19.8 Å². The van der Waals surface area contributed by atoms with Crippen molar-refractivity contribution >= 4 is 5.97 Å². The summed E-state index contributed by atoms with van der Waals surface area (Å²) in [5.41, 5.74) is -1.25. The SMILES string of the molecule is CCCC(C)(CCC(F)(F)F)C(=O)O. The van der Waals surface area contributed by atoms with Crippen LogP contribution >= 0.6 is 0 Å². The van der Waals surface area contributed by atoms with Gasteiger partial charge in [0.05, 0.1) is 5.41 Å². The van der Waals surface area contributed by atoms with Gasteiger partial charge in [-0.1, -0.05) is 13.3 Å². The summed E-state index contributed by atoms with van der Waals surface area (Å²) in [6.45, 7) is 3.12. The minimum Gasteiger partial charge on any atom is -0.481 e. The van der Waals surface area contributed by atoms with Crippen molar-refractivity contribution in [3.63, 3.8) is 0 Å². The highest BCUT2D eigenvalue weighted by Crippen LogP contribution is 2.34. The molecule has 14 heavy (non-hydrogen) atoms. The topological polar surface area (TPSA) is 37.3 Å². The second kappa shape index (κ2) is 4.66. The molecule has 0 saturated heterocycles. The van der Waals surface area contributed by atoms with Crippen LogP contribution in [0.3, 0.4) is 0 Å². The van der Waals surface area contributed by atoms with Crippen LogP contribution in [0.15, 0.2) is 0 Å². The Hall–Kier alpha value is -0.740. The Labute approximate surface area is 81.1 Å². The van der Waals surface area contributed by atoms with Gasteiger partial charge < -0.3 is 5.11 Å². The molecule has 1 unspecified atom stereocenters. The average Bonchev–Trinajstić information content (AvgIpc) is 2.00. The van der Waals surface area contributed by atoms with E-state index >= 15 is 0 Å². The summed E-state index contributed by atoms with van der Waals surface area (Å²) in [6.07, 6.45) is -4.81. The molecule has 1 atom stereocenters. The molecule has 0 aliphatic heterocycles. The number of carbonyl (C=O) groups is 1. The van der Waals surface area contributed by atoms with Crippen molar-refractivity contribution in [2.45, 2.75) is 45.7 Å².